The number of benzene rings is 1. The van der Waals surface area contributed by atoms with Gasteiger partial charge in [-0.3, -0.25) is 0 Å². The maximum absolute atomic E-state index is 5.67. The van der Waals surface area contributed by atoms with E-state index < -0.39 is 0 Å². The Morgan fingerprint density at radius 3 is 2.62 bits per heavy atom. The molecule has 0 atom stereocenters. The molecule has 2 rings (SSSR count). The van der Waals surface area contributed by atoms with Gasteiger partial charge in [0.25, 0.3) is 0 Å². The minimum atomic E-state index is 0.749. The van der Waals surface area contributed by atoms with Crippen LogP contribution in [0.3, 0.4) is 0 Å². The highest BCUT2D eigenvalue weighted by Gasteiger charge is 2.19. The van der Waals surface area contributed by atoms with Gasteiger partial charge in [-0.05, 0) is 63.0 Å². The minimum absolute atomic E-state index is 0.749. The van der Waals surface area contributed by atoms with Gasteiger partial charge in [0.2, 0.25) is 0 Å². The summed E-state index contributed by atoms with van der Waals surface area (Å²) in [4.78, 5) is 2.42. The lowest BCUT2D eigenvalue weighted by molar-refractivity contribution is 0.255. The van der Waals surface area contributed by atoms with Crippen LogP contribution in [0.25, 0.3) is 0 Å². The SMILES string of the molecule is CN1CCC(c2ccccc2CCN)CC1. The third-order valence-electron chi connectivity index (χ3n) is 3.63. The van der Waals surface area contributed by atoms with Crippen molar-refractivity contribution in [3.8, 4) is 0 Å². The lowest BCUT2D eigenvalue weighted by Gasteiger charge is -2.30. The lowest BCUT2D eigenvalue weighted by atomic mass is 9.86. The Balaban J connectivity index is 2.13. The van der Waals surface area contributed by atoms with Gasteiger partial charge < -0.3 is 10.6 Å². The van der Waals surface area contributed by atoms with E-state index in [2.05, 4.69) is 36.2 Å². The zero-order valence-corrected chi connectivity index (χ0v) is 10.2. The summed E-state index contributed by atoms with van der Waals surface area (Å²) < 4.78 is 0. The number of hydrogen-bond donors (Lipinski definition) is 1. The van der Waals surface area contributed by atoms with E-state index in [1.165, 1.54) is 31.5 Å². The monoisotopic (exact) mass is 218 g/mol. The average molecular weight is 218 g/mol. The summed E-state index contributed by atoms with van der Waals surface area (Å²) in [6.07, 6.45) is 3.60. The van der Waals surface area contributed by atoms with Crippen molar-refractivity contribution in [1.82, 2.24) is 4.90 Å². The number of piperidine rings is 1. The molecule has 1 fully saturated rings. The van der Waals surface area contributed by atoms with Crippen LogP contribution in [0.15, 0.2) is 24.3 Å². The van der Waals surface area contributed by atoms with Crippen molar-refractivity contribution in [2.75, 3.05) is 26.7 Å². The molecule has 1 saturated heterocycles. The Morgan fingerprint density at radius 1 is 1.25 bits per heavy atom. The first kappa shape index (κ1) is 11.6. The molecule has 0 aromatic heterocycles. The molecule has 1 aromatic carbocycles. The Kier molecular flexibility index (Phi) is 3.97. The van der Waals surface area contributed by atoms with Gasteiger partial charge in [0, 0.05) is 0 Å². The van der Waals surface area contributed by atoms with E-state index in [-0.39, 0.29) is 0 Å². The van der Waals surface area contributed by atoms with E-state index in [4.69, 9.17) is 5.73 Å². The van der Waals surface area contributed by atoms with Crippen LogP contribution in [0.2, 0.25) is 0 Å². The molecule has 0 unspecified atom stereocenters. The highest BCUT2D eigenvalue weighted by Crippen LogP contribution is 2.29. The average Bonchev–Trinajstić information content (AvgIpc) is 2.32. The molecule has 0 amide bonds. The zero-order chi connectivity index (χ0) is 11.4. The van der Waals surface area contributed by atoms with E-state index >= 15 is 0 Å². The van der Waals surface area contributed by atoms with Gasteiger partial charge >= 0.3 is 0 Å². The molecule has 0 radical (unpaired) electrons. The summed E-state index contributed by atoms with van der Waals surface area (Å²) >= 11 is 0. The standard InChI is InChI=1S/C14H22N2/c1-16-10-7-13(8-11-16)14-5-3-2-4-12(14)6-9-15/h2-5,13H,6-11,15H2,1H3. The van der Waals surface area contributed by atoms with Crippen LogP contribution in [0.4, 0.5) is 0 Å². The van der Waals surface area contributed by atoms with Crippen molar-refractivity contribution in [2.45, 2.75) is 25.2 Å². The smallest absolute Gasteiger partial charge is 0.00159 e. The zero-order valence-electron chi connectivity index (χ0n) is 10.2. The second kappa shape index (κ2) is 5.46. The van der Waals surface area contributed by atoms with Crippen molar-refractivity contribution in [3.05, 3.63) is 35.4 Å². The van der Waals surface area contributed by atoms with Gasteiger partial charge in [-0.25, -0.2) is 0 Å². The molecule has 1 heterocycles. The van der Waals surface area contributed by atoms with Crippen LogP contribution < -0.4 is 5.73 Å². The second-order valence-electron chi connectivity index (χ2n) is 4.82. The minimum Gasteiger partial charge on any atom is -0.330 e. The molecule has 88 valence electrons. The molecule has 16 heavy (non-hydrogen) atoms. The van der Waals surface area contributed by atoms with Crippen molar-refractivity contribution in [3.63, 3.8) is 0 Å². The van der Waals surface area contributed by atoms with Crippen LogP contribution >= 0.6 is 0 Å². The maximum Gasteiger partial charge on any atom is -0.00159 e. The highest BCUT2D eigenvalue weighted by molar-refractivity contribution is 5.31. The van der Waals surface area contributed by atoms with E-state index in [1.54, 1.807) is 5.56 Å². The Bertz CT molecular complexity index is 327. The van der Waals surface area contributed by atoms with Crippen LogP contribution in [0.1, 0.15) is 29.9 Å². The third-order valence-corrected chi connectivity index (χ3v) is 3.63. The normalized spacial score (nSPS) is 18.9. The Morgan fingerprint density at radius 2 is 1.94 bits per heavy atom. The topological polar surface area (TPSA) is 29.3 Å². The molecule has 0 bridgehead atoms. The van der Waals surface area contributed by atoms with Crippen LogP contribution in [0, 0.1) is 0 Å². The number of nitrogens with zero attached hydrogens (tertiary/aromatic N) is 1. The Hall–Kier alpha value is -0.860. The van der Waals surface area contributed by atoms with Gasteiger partial charge in [0.1, 0.15) is 0 Å². The first-order valence-corrected chi connectivity index (χ1v) is 6.27. The van der Waals surface area contributed by atoms with Gasteiger partial charge in [-0.1, -0.05) is 24.3 Å². The highest BCUT2D eigenvalue weighted by atomic mass is 15.1. The molecule has 1 aliphatic heterocycles. The van der Waals surface area contributed by atoms with Gasteiger partial charge in [0.15, 0.2) is 0 Å². The quantitative estimate of drug-likeness (QED) is 0.841. The first-order valence-electron chi connectivity index (χ1n) is 6.27. The molecule has 0 saturated carbocycles. The van der Waals surface area contributed by atoms with E-state index in [0.717, 1.165) is 18.9 Å². The van der Waals surface area contributed by atoms with Crippen molar-refractivity contribution in [1.29, 1.82) is 0 Å². The predicted molar refractivity (Wildman–Crippen MR) is 68.7 cm³/mol. The van der Waals surface area contributed by atoms with Gasteiger partial charge in [-0.2, -0.15) is 0 Å². The fourth-order valence-corrected chi connectivity index (χ4v) is 2.64. The van der Waals surface area contributed by atoms with Gasteiger partial charge in [-0.15, -0.1) is 0 Å². The molecular weight excluding hydrogens is 196 g/mol. The van der Waals surface area contributed by atoms with E-state index in [1.807, 2.05) is 0 Å². The molecular formula is C14H22N2. The fourth-order valence-electron chi connectivity index (χ4n) is 2.64. The summed E-state index contributed by atoms with van der Waals surface area (Å²) in [7, 11) is 2.21. The summed E-state index contributed by atoms with van der Waals surface area (Å²) in [5, 5.41) is 0. The molecule has 1 aliphatic rings. The summed E-state index contributed by atoms with van der Waals surface area (Å²) in [5.74, 6) is 0.749. The van der Waals surface area contributed by atoms with Crippen molar-refractivity contribution >= 4 is 0 Å². The largest absolute Gasteiger partial charge is 0.330 e. The molecule has 0 spiro atoms. The van der Waals surface area contributed by atoms with Crippen LogP contribution in [0.5, 0.6) is 0 Å². The van der Waals surface area contributed by atoms with Crippen LogP contribution in [-0.4, -0.2) is 31.6 Å². The van der Waals surface area contributed by atoms with Crippen LogP contribution in [-0.2, 0) is 6.42 Å². The molecule has 1 aromatic rings. The number of nitrogens with two attached hydrogens (primary N) is 1. The van der Waals surface area contributed by atoms with Crippen molar-refractivity contribution < 1.29 is 0 Å². The maximum atomic E-state index is 5.67. The van der Waals surface area contributed by atoms with E-state index in [0.29, 0.717) is 0 Å². The van der Waals surface area contributed by atoms with Gasteiger partial charge in [0.05, 0.1) is 0 Å². The number of likely N-dealkylation sites (tertiary alicyclic amines) is 1. The first-order chi connectivity index (χ1) is 7.81. The number of rotatable bonds is 3. The Labute approximate surface area is 98.4 Å². The molecule has 0 aliphatic carbocycles. The predicted octanol–water partition coefficient (Wildman–Crippen LogP) is 2.00. The second-order valence-corrected chi connectivity index (χ2v) is 4.82. The summed E-state index contributed by atoms with van der Waals surface area (Å²) in [6, 6.07) is 8.82. The number of hydrogen-bond acceptors (Lipinski definition) is 2. The summed E-state index contributed by atoms with van der Waals surface area (Å²) in [5.41, 5.74) is 8.67. The lowest BCUT2D eigenvalue weighted by Crippen LogP contribution is -2.29. The third kappa shape index (κ3) is 2.63. The molecule has 2 heteroatoms. The molecule has 2 N–H and O–H groups in total. The molecule has 2 nitrogen and oxygen atoms in total. The van der Waals surface area contributed by atoms with E-state index in [9.17, 15) is 0 Å². The van der Waals surface area contributed by atoms with Crippen molar-refractivity contribution in [2.24, 2.45) is 5.73 Å². The summed E-state index contributed by atoms with van der Waals surface area (Å²) in [6.45, 7) is 3.20. The fraction of sp³-hybridized carbons (Fsp3) is 0.571.